The maximum Gasteiger partial charge on any atom is 0.0644 e. The van der Waals surface area contributed by atoms with Crippen LogP contribution in [-0.2, 0) is 12.0 Å². The van der Waals surface area contributed by atoms with Gasteiger partial charge < -0.3 is 5.32 Å². The molecule has 2 heteroatoms. The summed E-state index contributed by atoms with van der Waals surface area (Å²) in [5.74, 6) is 0.620. The SMILES string of the molecule is Cc1ccccc1Cc1ccc([C@@]2(CC#N)C[C@H](C)CN2)cc1. The molecule has 0 aliphatic carbocycles. The van der Waals surface area contributed by atoms with Gasteiger partial charge in [0.1, 0.15) is 0 Å². The highest BCUT2D eigenvalue weighted by Crippen LogP contribution is 2.36. The molecular formula is C21H24N2. The van der Waals surface area contributed by atoms with Crippen molar-refractivity contribution in [2.24, 2.45) is 5.92 Å². The van der Waals surface area contributed by atoms with Crippen LogP contribution in [0, 0.1) is 24.2 Å². The lowest BCUT2D eigenvalue weighted by molar-refractivity contribution is 0.389. The highest BCUT2D eigenvalue weighted by atomic mass is 15.0. The maximum absolute atomic E-state index is 9.23. The topological polar surface area (TPSA) is 35.8 Å². The summed E-state index contributed by atoms with van der Waals surface area (Å²) in [5, 5.41) is 12.8. The Bertz CT molecular complexity index is 711. The zero-order valence-electron chi connectivity index (χ0n) is 14.0. The summed E-state index contributed by atoms with van der Waals surface area (Å²) in [7, 11) is 0. The summed E-state index contributed by atoms with van der Waals surface area (Å²) in [6.45, 7) is 5.40. The van der Waals surface area contributed by atoms with Gasteiger partial charge in [0, 0.05) is 0 Å². The normalized spacial score (nSPS) is 23.6. The van der Waals surface area contributed by atoms with Crippen molar-refractivity contribution >= 4 is 0 Å². The predicted octanol–water partition coefficient (Wildman–Crippen LogP) is 4.32. The van der Waals surface area contributed by atoms with Crippen molar-refractivity contribution in [2.45, 2.75) is 38.6 Å². The van der Waals surface area contributed by atoms with E-state index in [9.17, 15) is 5.26 Å². The van der Waals surface area contributed by atoms with Crippen molar-refractivity contribution in [2.75, 3.05) is 6.54 Å². The molecule has 0 saturated carbocycles. The van der Waals surface area contributed by atoms with Gasteiger partial charge >= 0.3 is 0 Å². The molecule has 1 aliphatic heterocycles. The van der Waals surface area contributed by atoms with Crippen LogP contribution in [0.5, 0.6) is 0 Å². The van der Waals surface area contributed by atoms with Crippen LogP contribution in [0.2, 0.25) is 0 Å². The highest BCUT2D eigenvalue weighted by Gasteiger charge is 2.38. The second-order valence-electron chi connectivity index (χ2n) is 6.91. The molecule has 1 fully saturated rings. The van der Waals surface area contributed by atoms with Gasteiger partial charge in [0.25, 0.3) is 0 Å². The van der Waals surface area contributed by atoms with E-state index in [0.29, 0.717) is 12.3 Å². The largest absolute Gasteiger partial charge is 0.306 e. The lowest BCUT2D eigenvalue weighted by Crippen LogP contribution is -2.36. The quantitative estimate of drug-likeness (QED) is 0.913. The van der Waals surface area contributed by atoms with Gasteiger partial charge in [0.15, 0.2) is 0 Å². The number of rotatable bonds is 4. The molecule has 23 heavy (non-hydrogen) atoms. The fourth-order valence-electron chi connectivity index (χ4n) is 3.67. The first-order valence-corrected chi connectivity index (χ1v) is 8.39. The Morgan fingerprint density at radius 1 is 1.17 bits per heavy atom. The third-order valence-corrected chi connectivity index (χ3v) is 5.03. The minimum absolute atomic E-state index is 0.157. The van der Waals surface area contributed by atoms with E-state index >= 15 is 0 Å². The van der Waals surface area contributed by atoms with Crippen LogP contribution in [0.15, 0.2) is 48.5 Å². The second-order valence-corrected chi connectivity index (χ2v) is 6.91. The van der Waals surface area contributed by atoms with E-state index in [-0.39, 0.29) is 5.54 Å². The fraction of sp³-hybridized carbons (Fsp3) is 0.381. The Morgan fingerprint density at radius 3 is 2.52 bits per heavy atom. The van der Waals surface area contributed by atoms with Crippen molar-refractivity contribution in [1.82, 2.24) is 5.32 Å². The third kappa shape index (κ3) is 3.30. The van der Waals surface area contributed by atoms with Gasteiger partial charge in [0.05, 0.1) is 18.0 Å². The van der Waals surface area contributed by atoms with Crippen LogP contribution >= 0.6 is 0 Å². The molecule has 118 valence electrons. The van der Waals surface area contributed by atoms with Gasteiger partial charge in [-0.2, -0.15) is 5.26 Å². The molecule has 2 aromatic rings. The average molecular weight is 304 g/mol. The first-order valence-electron chi connectivity index (χ1n) is 8.39. The Balaban J connectivity index is 1.82. The summed E-state index contributed by atoms with van der Waals surface area (Å²) < 4.78 is 0. The molecule has 0 amide bonds. The van der Waals surface area contributed by atoms with Crippen LogP contribution < -0.4 is 5.32 Å². The van der Waals surface area contributed by atoms with Crippen LogP contribution in [0.1, 0.15) is 42.0 Å². The zero-order valence-corrected chi connectivity index (χ0v) is 14.0. The van der Waals surface area contributed by atoms with Gasteiger partial charge in [0.2, 0.25) is 0 Å². The molecule has 0 unspecified atom stereocenters. The van der Waals surface area contributed by atoms with Crippen molar-refractivity contribution in [3.63, 3.8) is 0 Å². The van der Waals surface area contributed by atoms with Gasteiger partial charge in [-0.15, -0.1) is 0 Å². The van der Waals surface area contributed by atoms with E-state index in [1.54, 1.807) is 0 Å². The molecule has 1 saturated heterocycles. The number of benzene rings is 2. The number of nitrogens with zero attached hydrogens (tertiary/aromatic N) is 1. The molecule has 0 aromatic heterocycles. The minimum Gasteiger partial charge on any atom is -0.306 e. The van der Waals surface area contributed by atoms with Crippen molar-refractivity contribution in [1.29, 1.82) is 5.26 Å². The van der Waals surface area contributed by atoms with E-state index in [4.69, 9.17) is 0 Å². The van der Waals surface area contributed by atoms with E-state index < -0.39 is 0 Å². The molecule has 1 heterocycles. The standard InChI is InChI=1S/C21H24N2/c1-16-14-21(11-12-22,23-15-16)20-9-7-18(8-10-20)13-19-6-4-3-5-17(19)2/h3-10,16,23H,11,13-15H2,1-2H3/t16-,21+/m0/s1. The summed E-state index contributed by atoms with van der Waals surface area (Å²) >= 11 is 0. The predicted molar refractivity (Wildman–Crippen MR) is 94.1 cm³/mol. The fourth-order valence-corrected chi connectivity index (χ4v) is 3.67. The monoisotopic (exact) mass is 304 g/mol. The van der Waals surface area contributed by atoms with Crippen LogP contribution in [-0.4, -0.2) is 6.54 Å². The Kier molecular flexibility index (Phi) is 4.50. The molecule has 2 aromatic carbocycles. The smallest absolute Gasteiger partial charge is 0.0644 e. The average Bonchev–Trinajstić information content (AvgIpc) is 2.93. The molecule has 0 bridgehead atoms. The van der Waals surface area contributed by atoms with Crippen molar-refractivity contribution in [3.05, 3.63) is 70.8 Å². The molecule has 2 atom stereocenters. The second kappa shape index (κ2) is 6.56. The molecule has 0 spiro atoms. The van der Waals surface area contributed by atoms with Crippen LogP contribution in [0.25, 0.3) is 0 Å². The summed E-state index contributed by atoms with van der Waals surface area (Å²) in [5.41, 5.74) is 5.12. The summed E-state index contributed by atoms with van der Waals surface area (Å²) in [6.07, 6.45) is 2.54. The minimum atomic E-state index is -0.157. The van der Waals surface area contributed by atoms with Gasteiger partial charge in [-0.3, -0.25) is 0 Å². The van der Waals surface area contributed by atoms with E-state index in [1.165, 1.54) is 22.3 Å². The zero-order chi connectivity index (χ0) is 16.3. The maximum atomic E-state index is 9.23. The Labute approximate surface area is 139 Å². The molecule has 1 N–H and O–H groups in total. The summed E-state index contributed by atoms with van der Waals surface area (Å²) in [6, 6.07) is 19.7. The lowest BCUT2D eigenvalue weighted by atomic mass is 9.83. The van der Waals surface area contributed by atoms with E-state index in [2.05, 4.69) is 73.8 Å². The Hall–Kier alpha value is -2.11. The number of hydrogen-bond donors (Lipinski definition) is 1. The van der Waals surface area contributed by atoms with Gasteiger partial charge in [-0.1, -0.05) is 55.5 Å². The van der Waals surface area contributed by atoms with Gasteiger partial charge in [-0.25, -0.2) is 0 Å². The van der Waals surface area contributed by atoms with Crippen molar-refractivity contribution < 1.29 is 0 Å². The molecule has 2 nitrogen and oxygen atoms in total. The molecular weight excluding hydrogens is 280 g/mol. The molecule has 1 aliphatic rings. The third-order valence-electron chi connectivity index (χ3n) is 5.03. The van der Waals surface area contributed by atoms with E-state index in [0.717, 1.165) is 19.4 Å². The number of nitrogens with one attached hydrogen (secondary N) is 1. The highest BCUT2D eigenvalue weighted by molar-refractivity contribution is 5.35. The van der Waals surface area contributed by atoms with Gasteiger partial charge in [-0.05, 0) is 54.5 Å². The van der Waals surface area contributed by atoms with Crippen LogP contribution in [0.4, 0.5) is 0 Å². The lowest BCUT2D eigenvalue weighted by Gasteiger charge is -2.28. The molecule has 3 rings (SSSR count). The van der Waals surface area contributed by atoms with Crippen molar-refractivity contribution in [3.8, 4) is 6.07 Å². The number of nitriles is 1. The van der Waals surface area contributed by atoms with E-state index in [1.807, 2.05) is 0 Å². The van der Waals surface area contributed by atoms with Crippen LogP contribution in [0.3, 0.4) is 0 Å². The number of hydrogen-bond acceptors (Lipinski definition) is 2. The molecule has 0 radical (unpaired) electrons. The Morgan fingerprint density at radius 2 is 1.91 bits per heavy atom. The number of aryl methyl sites for hydroxylation is 1. The first-order chi connectivity index (χ1) is 11.1. The first kappa shape index (κ1) is 15.8. The summed E-state index contributed by atoms with van der Waals surface area (Å²) in [4.78, 5) is 0.